The molecule has 2 aromatic carbocycles. The molecule has 0 radical (unpaired) electrons. The predicted molar refractivity (Wildman–Crippen MR) is 95.2 cm³/mol. The van der Waals surface area contributed by atoms with Gasteiger partial charge in [-0.2, -0.15) is 0 Å². The maximum Gasteiger partial charge on any atom is 0.253 e. The third-order valence-corrected chi connectivity index (χ3v) is 4.20. The number of ether oxygens (including phenoxy) is 2. The number of carbonyl (C=O) groups excluding carboxylic acids is 2. The van der Waals surface area contributed by atoms with Crippen LogP contribution in [0.4, 0.5) is 5.82 Å². The second-order valence-corrected chi connectivity index (χ2v) is 5.79. The average molecular weight is 349 g/mol. The molecule has 0 bridgehead atoms. The van der Waals surface area contributed by atoms with Crippen LogP contribution in [0.15, 0.2) is 48.5 Å². The summed E-state index contributed by atoms with van der Waals surface area (Å²) in [5.41, 5.74) is 13.1. The van der Waals surface area contributed by atoms with Gasteiger partial charge in [-0.15, -0.1) is 0 Å². The van der Waals surface area contributed by atoms with Crippen LogP contribution < -0.4 is 20.9 Å². The Morgan fingerprint density at radius 2 is 1.73 bits per heavy atom. The number of nitrogen functional groups attached to an aromatic ring is 1. The van der Waals surface area contributed by atoms with Gasteiger partial charge in [-0.1, -0.05) is 36.4 Å². The van der Waals surface area contributed by atoms with E-state index in [0.717, 1.165) is 0 Å². The van der Waals surface area contributed by atoms with Crippen LogP contribution in [-0.4, -0.2) is 23.5 Å². The number of H-pyrrole nitrogens is 1. The van der Waals surface area contributed by atoms with Crippen molar-refractivity contribution in [3.05, 3.63) is 65.4 Å². The van der Waals surface area contributed by atoms with Gasteiger partial charge in [0.15, 0.2) is 11.5 Å². The van der Waals surface area contributed by atoms with Gasteiger partial charge in [0.2, 0.25) is 12.6 Å². The minimum atomic E-state index is -0.724. The second-order valence-electron chi connectivity index (χ2n) is 5.79. The molecule has 1 aliphatic rings. The molecule has 7 nitrogen and oxygen atoms in total. The van der Waals surface area contributed by atoms with Crippen molar-refractivity contribution in [3.63, 3.8) is 0 Å². The van der Waals surface area contributed by atoms with Crippen LogP contribution in [0.5, 0.6) is 11.5 Å². The Morgan fingerprint density at radius 1 is 1.00 bits per heavy atom. The Morgan fingerprint density at radius 3 is 2.46 bits per heavy atom. The van der Waals surface area contributed by atoms with Crippen molar-refractivity contribution in [3.8, 4) is 22.6 Å². The normalized spacial score (nSPS) is 12.2. The number of primary amides is 1. The molecule has 0 spiro atoms. The minimum absolute atomic E-state index is 0.0458. The summed E-state index contributed by atoms with van der Waals surface area (Å²) in [4.78, 5) is 27.8. The van der Waals surface area contributed by atoms with Gasteiger partial charge in [0.25, 0.3) is 5.91 Å². The summed E-state index contributed by atoms with van der Waals surface area (Å²) < 4.78 is 10.7. The molecule has 2 heterocycles. The topological polar surface area (TPSA) is 120 Å². The van der Waals surface area contributed by atoms with E-state index in [2.05, 4.69) is 4.98 Å². The largest absolute Gasteiger partial charge is 0.454 e. The lowest BCUT2D eigenvalue weighted by molar-refractivity contribution is 0.100. The number of amides is 1. The highest BCUT2D eigenvalue weighted by atomic mass is 16.7. The Hall–Kier alpha value is -3.74. The number of fused-ring (bicyclic) bond motifs is 1. The summed E-state index contributed by atoms with van der Waals surface area (Å²) in [7, 11) is 0. The van der Waals surface area contributed by atoms with Crippen LogP contribution in [0.2, 0.25) is 0 Å². The molecule has 1 amide bonds. The fourth-order valence-corrected chi connectivity index (χ4v) is 3.02. The first-order chi connectivity index (χ1) is 12.6. The number of anilines is 1. The SMILES string of the molecule is NC(=O)c1c(N)[nH]c(C(=O)c2ccccc2)c1-c1ccc2c(c1)OCO2. The maximum absolute atomic E-state index is 13.0. The van der Waals surface area contributed by atoms with Gasteiger partial charge in [-0.25, -0.2) is 0 Å². The summed E-state index contributed by atoms with van der Waals surface area (Å²) in [5.74, 6) is 0.144. The lowest BCUT2D eigenvalue weighted by Crippen LogP contribution is -2.13. The van der Waals surface area contributed by atoms with Crippen LogP contribution in [0.3, 0.4) is 0 Å². The fourth-order valence-electron chi connectivity index (χ4n) is 3.02. The van der Waals surface area contributed by atoms with Crippen molar-refractivity contribution < 1.29 is 19.1 Å². The van der Waals surface area contributed by atoms with Gasteiger partial charge in [0.05, 0.1) is 11.3 Å². The van der Waals surface area contributed by atoms with Crippen molar-refractivity contribution in [2.45, 2.75) is 0 Å². The molecule has 0 unspecified atom stereocenters. The van der Waals surface area contributed by atoms with Gasteiger partial charge >= 0.3 is 0 Å². The van der Waals surface area contributed by atoms with E-state index in [4.69, 9.17) is 20.9 Å². The summed E-state index contributed by atoms with van der Waals surface area (Å²) in [6.07, 6.45) is 0. The number of hydrogen-bond acceptors (Lipinski definition) is 5. The summed E-state index contributed by atoms with van der Waals surface area (Å²) in [6, 6.07) is 13.8. The van der Waals surface area contributed by atoms with Crippen molar-refractivity contribution >= 4 is 17.5 Å². The molecule has 5 N–H and O–H groups in total. The molecule has 0 fully saturated rings. The van der Waals surface area contributed by atoms with E-state index < -0.39 is 5.91 Å². The van der Waals surface area contributed by atoms with E-state index in [1.165, 1.54) is 0 Å². The first kappa shape index (κ1) is 15.8. The van der Waals surface area contributed by atoms with E-state index in [1.54, 1.807) is 42.5 Å². The number of ketones is 1. The molecule has 3 aromatic rings. The highest BCUT2D eigenvalue weighted by Gasteiger charge is 2.27. The van der Waals surface area contributed by atoms with Crippen molar-refractivity contribution in [2.24, 2.45) is 5.73 Å². The van der Waals surface area contributed by atoms with Gasteiger partial charge in [0, 0.05) is 11.1 Å². The Bertz CT molecular complexity index is 1020. The summed E-state index contributed by atoms with van der Waals surface area (Å²) in [6.45, 7) is 0.118. The molecular weight excluding hydrogens is 334 g/mol. The number of benzene rings is 2. The number of hydrogen-bond donors (Lipinski definition) is 3. The first-order valence-electron chi connectivity index (χ1n) is 7.87. The molecular formula is C19H15N3O4. The monoisotopic (exact) mass is 349 g/mol. The lowest BCUT2D eigenvalue weighted by Gasteiger charge is -2.07. The van der Waals surface area contributed by atoms with Gasteiger partial charge in [-0.3, -0.25) is 9.59 Å². The highest BCUT2D eigenvalue weighted by molar-refractivity contribution is 6.17. The quantitative estimate of drug-likeness (QED) is 0.624. The van der Waals surface area contributed by atoms with Crippen LogP contribution >= 0.6 is 0 Å². The zero-order valence-electron chi connectivity index (χ0n) is 13.6. The molecule has 0 saturated heterocycles. The van der Waals surface area contributed by atoms with Crippen LogP contribution in [-0.2, 0) is 0 Å². The first-order valence-corrected chi connectivity index (χ1v) is 7.87. The molecule has 26 heavy (non-hydrogen) atoms. The molecule has 0 saturated carbocycles. The third-order valence-electron chi connectivity index (χ3n) is 4.20. The van der Waals surface area contributed by atoms with Crippen molar-refractivity contribution in [2.75, 3.05) is 12.5 Å². The highest BCUT2D eigenvalue weighted by Crippen LogP contribution is 2.39. The predicted octanol–water partition coefficient (Wildman–Crippen LogP) is 2.32. The number of carbonyl (C=O) groups is 2. The molecule has 0 aliphatic carbocycles. The fraction of sp³-hybridized carbons (Fsp3) is 0.0526. The third kappa shape index (κ3) is 2.46. The summed E-state index contributed by atoms with van der Waals surface area (Å²) >= 11 is 0. The smallest absolute Gasteiger partial charge is 0.253 e. The minimum Gasteiger partial charge on any atom is -0.454 e. The average Bonchev–Trinajstić information content (AvgIpc) is 3.25. The maximum atomic E-state index is 13.0. The number of aromatic amines is 1. The summed E-state index contributed by atoms with van der Waals surface area (Å²) in [5, 5.41) is 0. The Labute approximate surface area is 148 Å². The van der Waals surface area contributed by atoms with Crippen LogP contribution in [0.25, 0.3) is 11.1 Å². The Balaban J connectivity index is 1.92. The molecule has 0 atom stereocenters. The van der Waals surface area contributed by atoms with Crippen molar-refractivity contribution in [1.82, 2.24) is 4.98 Å². The van der Waals surface area contributed by atoms with E-state index in [0.29, 0.717) is 28.2 Å². The molecule has 4 rings (SSSR count). The van der Waals surface area contributed by atoms with Gasteiger partial charge in [-0.05, 0) is 17.7 Å². The standard InChI is InChI=1S/C19H15N3O4/c20-18-15(19(21)24)14(11-6-7-12-13(8-11)26-9-25-12)16(22-18)17(23)10-4-2-1-3-5-10/h1-8,22H,9,20H2,(H2,21,24). The lowest BCUT2D eigenvalue weighted by atomic mass is 9.96. The second kappa shape index (κ2) is 5.96. The number of nitrogens with two attached hydrogens (primary N) is 2. The zero-order valence-corrected chi connectivity index (χ0v) is 13.6. The van der Waals surface area contributed by atoms with Crippen molar-refractivity contribution in [1.29, 1.82) is 0 Å². The molecule has 1 aliphatic heterocycles. The Kier molecular flexibility index (Phi) is 3.62. The molecule has 7 heteroatoms. The van der Waals surface area contributed by atoms with Crippen LogP contribution in [0.1, 0.15) is 26.4 Å². The molecule has 1 aromatic heterocycles. The van der Waals surface area contributed by atoms with E-state index in [1.807, 2.05) is 6.07 Å². The number of aromatic nitrogens is 1. The van der Waals surface area contributed by atoms with Gasteiger partial charge < -0.3 is 25.9 Å². The van der Waals surface area contributed by atoms with E-state index in [-0.39, 0.29) is 29.7 Å². The van der Waals surface area contributed by atoms with E-state index in [9.17, 15) is 9.59 Å². The molecule has 130 valence electrons. The van der Waals surface area contributed by atoms with E-state index >= 15 is 0 Å². The number of nitrogens with one attached hydrogen (secondary N) is 1. The van der Waals surface area contributed by atoms with Gasteiger partial charge in [0.1, 0.15) is 5.82 Å². The number of rotatable bonds is 4. The van der Waals surface area contributed by atoms with Crippen LogP contribution in [0, 0.1) is 0 Å². The zero-order chi connectivity index (χ0) is 18.3.